The van der Waals surface area contributed by atoms with Crippen molar-refractivity contribution >= 4 is 5.78 Å². The Bertz CT molecular complexity index is 822. The van der Waals surface area contributed by atoms with Crippen LogP contribution in [0.5, 0.6) is 17.2 Å². The third-order valence-electron chi connectivity index (χ3n) is 6.81. The molecule has 2 bridgehead atoms. The van der Waals surface area contributed by atoms with Gasteiger partial charge in [0.05, 0.1) is 5.60 Å². The lowest BCUT2D eigenvalue weighted by Gasteiger charge is -2.56. The van der Waals surface area contributed by atoms with Crippen molar-refractivity contribution in [2.75, 3.05) is 0 Å². The van der Waals surface area contributed by atoms with E-state index in [4.69, 9.17) is 9.47 Å². The monoisotopic (exact) mass is 374 g/mol. The number of hydrogen-bond donors (Lipinski definition) is 2. The van der Waals surface area contributed by atoms with Crippen LogP contribution in [0.25, 0.3) is 0 Å². The molecule has 1 saturated heterocycles. The fourth-order valence-electron chi connectivity index (χ4n) is 5.50. The molecule has 148 valence electrons. The van der Waals surface area contributed by atoms with E-state index in [0.717, 1.165) is 19.3 Å². The highest BCUT2D eigenvalue weighted by Gasteiger charge is 2.69. The minimum absolute atomic E-state index is 0.00539. The maximum Gasteiger partial charge on any atom is 0.219 e. The van der Waals surface area contributed by atoms with E-state index in [1.165, 1.54) is 6.07 Å². The third kappa shape index (κ3) is 2.36. The first kappa shape index (κ1) is 18.6. The van der Waals surface area contributed by atoms with Gasteiger partial charge in [-0.1, -0.05) is 27.7 Å². The van der Waals surface area contributed by atoms with Gasteiger partial charge in [0.2, 0.25) is 5.79 Å². The topological polar surface area (TPSA) is 76.0 Å². The maximum atomic E-state index is 12.9. The van der Waals surface area contributed by atoms with Crippen molar-refractivity contribution in [3.8, 4) is 17.2 Å². The van der Waals surface area contributed by atoms with E-state index < -0.39 is 5.79 Å². The van der Waals surface area contributed by atoms with Gasteiger partial charge in [0, 0.05) is 34.8 Å². The molecule has 5 nitrogen and oxygen atoms in total. The van der Waals surface area contributed by atoms with Crippen molar-refractivity contribution in [2.45, 2.75) is 78.1 Å². The summed E-state index contributed by atoms with van der Waals surface area (Å²) >= 11 is 0. The number of aromatic hydroxyl groups is 2. The fraction of sp³-hybridized carbons (Fsp3) is 0.682. The number of phenolic OH excluding ortho intramolecular Hbond substituents is 2. The average molecular weight is 374 g/mol. The highest BCUT2D eigenvalue weighted by atomic mass is 16.7. The van der Waals surface area contributed by atoms with Gasteiger partial charge >= 0.3 is 0 Å². The van der Waals surface area contributed by atoms with Gasteiger partial charge in [-0.15, -0.1) is 0 Å². The number of carbonyl (C=O) groups excluding carboxylic acids is 1. The first-order valence-corrected chi connectivity index (χ1v) is 9.92. The van der Waals surface area contributed by atoms with Gasteiger partial charge < -0.3 is 19.7 Å². The lowest BCUT2D eigenvalue weighted by Crippen LogP contribution is -2.60. The zero-order valence-corrected chi connectivity index (χ0v) is 17.0. The van der Waals surface area contributed by atoms with Crippen molar-refractivity contribution in [2.24, 2.45) is 17.3 Å². The molecule has 5 heteroatoms. The Hall–Kier alpha value is -1.75. The first-order valence-electron chi connectivity index (χ1n) is 9.92. The molecule has 1 saturated carbocycles. The average Bonchev–Trinajstić information content (AvgIpc) is 2.82. The van der Waals surface area contributed by atoms with Crippen LogP contribution in [-0.4, -0.2) is 27.4 Å². The van der Waals surface area contributed by atoms with E-state index >= 15 is 0 Å². The van der Waals surface area contributed by atoms with Crippen molar-refractivity contribution in [1.29, 1.82) is 0 Å². The predicted octanol–water partition coefficient (Wildman–Crippen LogP) is 4.74. The van der Waals surface area contributed by atoms with Crippen LogP contribution in [0.1, 0.15) is 82.6 Å². The summed E-state index contributed by atoms with van der Waals surface area (Å²) in [5.41, 5.74) is 0.228. The highest BCUT2D eigenvalue weighted by molar-refractivity contribution is 6.03. The lowest BCUT2D eigenvalue weighted by atomic mass is 9.58. The van der Waals surface area contributed by atoms with Gasteiger partial charge in [-0.05, 0) is 33.1 Å². The van der Waals surface area contributed by atoms with E-state index in [1.54, 1.807) is 13.8 Å². The molecule has 1 aliphatic carbocycles. The largest absolute Gasteiger partial charge is 0.507 e. The van der Waals surface area contributed by atoms with Crippen LogP contribution < -0.4 is 4.74 Å². The molecule has 4 rings (SSSR count). The highest BCUT2D eigenvalue weighted by Crippen LogP contribution is 2.67. The minimum Gasteiger partial charge on any atom is -0.507 e. The molecule has 2 aliphatic heterocycles. The second kappa shape index (κ2) is 5.40. The van der Waals surface area contributed by atoms with Crippen molar-refractivity contribution in [3.63, 3.8) is 0 Å². The molecule has 1 aromatic rings. The van der Waals surface area contributed by atoms with Crippen LogP contribution >= 0.6 is 0 Å². The number of ketones is 1. The van der Waals surface area contributed by atoms with Crippen LogP contribution in [-0.2, 0) is 4.74 Å². The number of hydrogen-bond acceptors (Lipinski definition) is 5. The summed E-state index contributed by atoms with van der Waals surface area (Å²) in [6, 6.07) is 1.30. The molecule has 0 amide bonds. The number of fused-ring (bicyclic) bond motifs is 2. The van der Waals surface area contributed by atoms with E-state index in [2.05, 4.69) is 27.7 Å². The lowest BCUT2D eigenvalue weighted by molar-refractivity contribution is -0.291. The minimum atomic E-state index is -0.862. The van der Waals surface area contributed by atoms with Gasteiger partial charge in [0.15, 0.2) is 5.78 Å². The number of carbonyl (C=O) groups is 1. The Morgan fingerprint density at radius 3 is 2.48 bits per heavy atom. The van der Waals surface area contributed by atoms with Crippen molar-refractivity contribution < 1.29 is 24.5 Å². The molecular formula is C22H30O5. The zero-order valence-electron chi connectivity index (χ0n) is 17.0. The van der Waals surface area contributed by atoms with Crippen LogP contribution in [0.3, 0.4) is 0 Å². The number of benzene rings is 1. The Kier molecular flexibility index (Phi) is 3.72. The molecule has 2 heterocycles. The van der Waals surface area contributed by atoms with Gasteiger partial charge in [0.25, 0.3) is 0 Å². The van der Waals surface area contributed by atoms with Crippen molar-refractivity contribution in [3.05, 3.63) is 17.2 Å². The van der Waals surface area contributed by atoms with Crippen LogP contribution in [0.15, 0.2) is 6.07 Å². The Labute approximate surface area is 160 Å². The van der Waals surface area contributed by atoms with Crippen LogP contribution in [0.2, 0.25) is 0 Å². The summed E-state index contributed by atoms with van der Waals surface area (Å²) in [7, 11) is 0. The smallest absolute Gasteiger partial charge is 0.219 e. The quantitative estimate of drug-likeness (QED) is 0.731. The summed E-state index contributed by atoms with van der Waals surface area (Å²) in [5, 5.41) is 21.2. The van der Waals surface area contributed by atoms with Crippen LogP contribution in [0.4, 0.5) is 0 Å². The normalized spacial score (nSPS) is 32.6. The molecule has 1 aromatic carbocycles. The predicted molar refractivity (Wildman–Crippen MR) is 101 cm³/mol. The Morgan fingerprint density at radius 2 is 1.85 bits per heavy atom. The van der Waals surface area contributed by atoms with Gasteiger partial charge in [0.1, 0.15) is 22.8 Å². The fourth-order valence-corrected chi connectivity index (χ4v) is 5.50. The second-order valence-electron chi connectivity index (χ2n) is 10.0. The number of Topliss-reactive ketones (excluding diaryl/α,β-unsaturated/α-hetero) is 1. The Morgan fingerprint density at radius 1 is 1.19 bits per heavy atom. The molecular weight excluding hydrogens is 344 g/mol. The molecule has 2 N–H and O–H groups in total. The Balaban J connectivity index is 1.99. The zero-order chi connectivity index (χ0) is 19.9. The summed E-state index contributed by atoms with van der Waals surface area (Å²) in [6.45, 7) is 12.0. The molecule has 0 radical (unpaired) electrons. The second-order valence-corrected chi connectivity index (χ2v) is 10.0. The van der Waals surface area contributed by atoms with Crippen molar-refractivity contribution in [1.82, 2.24) is 0 Å². The standard InChI is InChI=1S/C22H30O5/c1-11(2)18(25)17-15(24)9-14(23)16-12-7-8-20(3,4)22(26-19(16)17)13(12)10-21(5,6)27-22/h9,11-13,23-24H,7-8,10H2,1-6H3. The van der Waals surface area contributed by atoms with Gasteiger partial charge in [-0.3, -0.25) is 4.79 Å². The SMILES string of the molecule is CC(C)C(=O)c1c(O)cc(O)c2c1OC13OC(C)(C)CC1C2CCC3(C)C. The summed E-state index contributed by atoms with van der Waals surface area (Å²) in [6.07, 6.45) is 2.62. The molecule has 3 unspecified atom stereocenters. The molecule has 27 heavy (non-hydrogen) atoms. The number of ether oxygens (including phenoxy) is 2. The molecule has 2 fully saturated rings. The van der Waals surface area contributed by atoms with Gasteiger partial charge in [-0.2, -0.15) is 0 Å². The van der Waals surface area contributed by atoms with E-state index in [0.29, 0.717) is 11.3 Å². The number of rotatable bonds is 2. The summed E-state index contributed by atoms with van der Waals surface area (Å²) in [4.78, 5) is 12.9. The third-order valence-corrected chi connectivity index (χ3v) is 6.81. The van der Waals surface area contributed by atoms with E-state index in [1.807, 2.05) is 0 Å². The number of phenols is 2. The summed E-state index contributed by atoms with van der Waals surface area (Å²) < 4.78 is 13.1. The molecule has 3 atom stereocenters. The van der Waals surface area contributed by atoms with Gasteiger partial charge in [-0.25, -0.2) is 0 Å². The summed E-state index contributed by atoms with van der Waals surface area (Å²) in [5.74, 6) is -1.11. The van der Waals surface area contributed by atoms with E-state index in [9.17, 15) is 15.0 Å². The maximum absolute atomic E-state index is 12.9. The molecule has 3 aliphatic rings. The van der Waals surface area contributed by atoms with Crippen LogP contribution in [0, 0.1) is 17.3 Å². The molecule has 0 spiro atoms. The van der Waals surface area contributed by atoms with E-state index in [-0.39, 0.29) is 51.6 Å². The first-order chi connectivity index (χ1) is 12.4. The molecule has 0 aromatic heterocycles.